The molecule has 0 aromatic heterocycles. The van der Waals surface area contributed by atoms with Gasteiger partial charge in [-0.2, -0.15) is 0 Å². The van der Waals surface area contributed by atoms with Crippen LogP contribution in [-0.2, 0) is 33.2 Å². The molecule has 2 aromatic carbocycles. The molecule has 0 amide bonds. The molecule has 10 atom stereocenters. The fourth-order valence-corrected chi connectivity index (χ4v) is 8.93. The van der Waals surface area contributed by atoms with E-state index in [2.05, 4.69) is 79.8 Å². The summed E-state index contributed by atoms with van der Waals surface area (Å²) < 4.78 is 63.9. The molecule has 4 heterocycles. The van der Waals surface area contributed by atoms with Crippen LogP contribution < -0.4 is 23.7 Å². The Labute approximate surface area is 392 Å². The predicted molar refractivity (Wildman–Crippen MR) is 246 cm³/mol. The SMILES string of the molecule is CC/C=C\C/C=C\C/C=C\C/C=C\C/C=C\C/C=C\CCCOC(=O)Oc1c(OC)cc([C@@H]2c3cc4c(cc3[C@@H](O[C@@H]3O[C@@H]5CO[C@@H](C)O[C@H]5[C@H](O)[C@H]3O)[C@H]3COC(=O)[C@H]23)OCO4)cc1OC. The van der Waals surface area contributed by atoms with Crippen LogP contribution in [0.15, 0.2) is 97.2 Å². The van der Waals surface area contributed by atoms with Gasteiger partial charge in [0.05, 0.1) is 46.1 Å². The van der Waals surface area contributed by atoms with E-state index in [0.29, 0.717) is 34.6 Å². The van der Waals surface area contributed by atoms with E-state index in [0.717, 1.165) is 44.9 Å². The molecule has 4 aliphatic heterocycles. The minimum atomic E-state index is -1.48. The average Bonchev–Trinajstić information content (AvgIpc) is 3.96. The van der Waals surface area contributed by atoms with Crippen LogP contribution in [-0.4, -0.2) is 100 Å². The Morgan fingerprint density at radius 3 is 1.96 bits per heavy atom. The van der Waals surface area contributed by atoms with E-state index in [9.17, 15) is 19.8 Å². The van der Waals surface area contributed by atoms with Gasteiger partial charge in [-0.1, -0.05) is 79.8 Å². The summed E-state index contributed by atoms with van der Waals surface area (Å²) in [6.07, 6.45) is 24.9. The number of unbranched alkanes of at least 4 members (excludes halogenated alkanes) is 1. The summed E-state index contributed by atoms with van der Waals surface area (Å²) in [5.41, 5.74) is 1.88. The number of rotatable bonds is 21. The van der Waals surface area contributed by atoms with E-state index in [-0.39, 0.29) is 43.9 Å². The van der Waals surface area contributed by atoms with Crippen LogP contribution >= 0.6 is 0 Å². The van der Waals surface area contributed by atoms with Crippen molar-refractivity contribution in [1.82, 2.24) is 0 Å². The van der Waals surface area contributed by atoms with Crippen molar-refractivity contribution < 1.29 is 71.9 Å². The molecule has 15 nitrogen and oxygen atoms in total. The minimum Gasteiger partial charge on any atom is -0.493 e. The molecule has 3 saturated heterocycles. The quantitative estimate of drug-likeness (QED) is 0.0526. The van der Waals surface area contributed by atoms with Crippen molar-refractivity contribution in [3.05, 3.63) is 114 Å². The number of aliphatic hydroxyl groups is 2. The van der Waals surface area contributed by atoms with E-state index >= 15 is 0 Å². The summed E-state index contributed by atoms with van der Waals surface area (Å²) in [5.74, 6) is -1.22. The van der Waals surface area contributed by atoms with E-state index in [1.165, 1.54) is 14.2 Å². The Hall–Kier alpha value is -5.42. The van der Waals surface area contributed by atoms with Crippen molar-refractivity contribution in [2.45, 2.75) is 114 Å². The van der Waals surface area contributed by atoms with E-state index < -0.39 is 73.0 Å². The predicted octanol–water partition coefficient (Wildman–Crippen LogP) is 8.63. The summed E-state index contributed by atoms with van der Waals surface area (Å²) in [7, 11) is 2.87. The number of methoxy groups -OCH3 is 2. The lowest BCUT2D eigenvalue weighted by molar-refractivity contribution is -0.364. The molecule has 3 fully saturated rings. The molecule has 0 bridgehead atoms. The highest BCUT2D eigenvalue weighted by Crippen LogP contribution is 2.57. The molecule has 0 spiro atoms. The largest absolute Gasteiger partial charge is 0.514 e. The second-order valence-corrected chi connectivity index (χ2v) is 16.7. The van der Waals surface area contributed by atoms with Crippen LogP contribution in [0, 0.1) is 11.8 Å². The van der Waals surface area contributed by atoms with Gasteiger partial charge in [0.15, 0.2) is 35.6 Å². The monoisotopic (exact) mass is 928 g/mol. The van der Waals surface area contributed by atoms with Crippen LogP contribution in [0.2, 0.25) is 0 Å². The number of benzene rings is 2. The van der Waals surface area contributed by atoms with Gasteiger partial charge in [0.1, 0.15) is 24.4 Å². The number of aliphatic hydroxyl groups excluding tert-OH is 2. The van der Waals surface area contributed by atoms with E-state index in [4.69, 9.17) is 52.1 Å². The van der Waals surface area contributed by atoms with Crippen molar-refractivity contribution in [2.75, 3.05) is 40.8 Å². The molecule has 1 aliphatic carbocycles. The minimum absolute atomic E-state index is 0.00110. The number of hydrogen-bond donors (Lipinski definition) is 2. The van der Waals surface area contributed by atoms with Gasteiger partial charge < -0.3 is 62.3 Å². The highest BCUT2D eigenvalue weighted by atomic mass is 16.8. The van der Waals surface area contributed by atoms with Crippen molar-refractivity contribution in [3.8, 4) is 28.7 Å². The third kappa shape index (κ3) is 12.4. The third-order valence-corrected chi connectivity index (χ3v) is 12.2. The standard InChI is InChI=1S/C52H64O15/c1-5-6-7-8-9-10-11-12-13-14-15-16-17-18-19-20-21-22-23-24-25-59-52(56)67-48-40(57-3)26-34(27-41(48)58-4)43-35-28-38-39(63-32-62-38)29-36(35)47(37-30-61-50(55)44(37)43)66-51-46(54)45(53)49-42(65-51)31-60-33(2)64-49/h6-7,9-10,12-13,15-16,18-19,21-22,26-29,33,37,42-47,49,51,53-54H,5,8,11,14,17,20,23-25,30-32H2,1-4H3/b7-6-,10-9-,13-12-,16-15-,19-18-,22-21-/t33-,37+,42-,43-,44+,45-,46-,47-,49-,51+/m1/s1. The van der Waals surface area contributed by atoms with Gasteiger partial charge in [0, 0.05) is 11.8 Å². The number of ether oxygens (including phenoxy) is 11. The average molecular weight is 929 g/mol. The second kappa shape index (κ2) is 24.6. The first-order chi connectivity index (χ1) is 32.7. The topological polar surface area (TPSA) is 176 Å². The maximum Gasteiger partial charge on any atom is 0.514 e. The van der Waals surface area contributed by atoms with Crippen molar-refractivity contribution in [1.29, 1.82) is 0 Å². The van der Waals surface area contributed by atoms with Gasteiger partial charge in [-0.05, 0) is 99.2 Å². The maximum atomic E-state index is 13.8. The fourth-order valence-electron chi connectivity index (χ4n) is 8.93. The fraction of sp³-hybridized carbons (Fsp3) is 0.500. The van der Waals surface area contributed by atoms with Gasteiger partial charge in [-0.3, -0.25) is 4.79 Å². The van der Waals surface area contributed by atoms with E-state index in [1.54, 1.807) is 31.2 Å². The van der Waals surface area contributed by atoms with Crippen LogP contribution in [0.4, 0.5) is 4.79 Å². The number of carbonyl (C=O) groups is 2. The molecule has 7 rings (SSSR count). The lowest BCUT2D eigenvalue weighted by Crippen LogP contribution is -2.63. The zero-order valence-electron chi connectivity index (χ0n) is 38.7. The number of allylic oxidation sites excluding steroid dienone is 12. The number of carbonyl (C=O) groups excluding carboxylic acids is 2. The van der Waals surface area contributed by atoms with E-state index in [1.807, 2.05) is 0 Å². The Morgan fingerprint density at radius 1 is 0.746 bits per heavy atom. The Kier molecular flexibility index (Phi) is 18.1. The summed E-state index contributed by atoms with van der Waals surface area (Å²) in [4.78, 5) is 26.8. The molecule has 0 radical (unpaired) electrons. The van der Waals surface area contributed by atoms with Crippen molar-refractivity contribution >= 4 is 12.1 Å². The molecule has 67 heavy (non-hydrogen) atoms. The van der Waals surface area contributed by atoms with Gasteiger partial charge in [0.2, 0.25) is 12.5 Å². The Balaban J connectivity index is 0.949. The number of hydrogen-bond acceptors (Lipinski definition) is 15. The number of esters is 1. The summed E-state index contributed by atoms with van der Waals surface area (Å²) in [6, 6.07) is 6.96. The number of cyclic esters (lactones) is 1. The highest BCUT2D eigenvalue weighted by molar-refractivity contribution is 5.79. The van der Waals surface area contributed by atoms with Gasteiger partial charge in [-0.25, -0.2) is 4.79 Å². The molecule has 5 aliphatic rings. The first-order valence-electron chi connectivity index (χ1n) is 23.3. The van der Waals surface area contributed by atoms with Crippen molar-refractivity contribution in [2.24, 2.45) is 11.8 Å². The normalized spacial score (nSPS) is 27.9. The summed E-state index contributed by atoms with van der Waals surface area (Å²) in [5, 5.41) is 22.3. The molecule has 0 unspecified atom stereocenters. The summed E-state index contributed by atoms with van der Waals surface area (Å²) >= 11 is 0. The zero-order chi connectivity index (χ0) is 47.1. The molecule has 2 N–H and O–H groups in total. The molecule has 362 valence electrons. The first kappa shape index (κ1) is 49.5. The lowest BCUT2D eigenvalue weighted by Gasteiger charge is -2.47. The van der Waals surface area contributed by atoms with Gasteiger partial charge in [0.25, 0.3) is 0 Å². The van der Waals surface area contributed by atoms with Crippen LogP contribution in [0.25, 0.3) is 0 Å². The molecule has 2 aromatic rings. The third-order valence-electron chi connectivity index (χ3n) is 12.2. The molecule has 0 saturated carbocycles. The molecule has 15 heteroatoms. The van der Waals surface area contributed by atoms with Gasteiger partial charge in [-0.15, -0.1) is 0 Å². The maximum absolute atomic E-state index is 13.8. The summed E-state index contributed by atoms with van der Waals surface area (Å²) in [6.45, 7) is 4.10. The number of fused-ring (bicyclic) bond motifs is 4. The van der Waals surface area contributed by atoms with Crippen LogP contribution in [0.3, 0.4) is 0 Å². The van der Waals surface area contributed by atoms with Crippen LogP contribution in [0.5, 0.6) is 28.7 Å². The molecular formula is C52H64O15. The lowest BCUT2D eigenvalue weighted by atomic mass is 9.66. The Morgan fingerprint density at radius 2 is 1.34 bits per heavy atom. The van der Waals surface area contributed by atoms with Crippen molar-refractivity contribution in [3.63, 3.8) is 0 Å². The Bertz CT molecular complexity index is 2130. The second-order valence-electron chi connectivity index (χ2n) is 16.7. The molecular weight excluding hydrogens is 865 g/mol. The highest BCUT2D eigenvalue weighted by Gasteiger charge is 2.56. The van der Waals surface area contributed by atoms with Gasteiger partial charge >= 0.3 is 12.1 Å². The van der Waals surface area contributed by atoms with Crippen LogP contribution in [0.1, 0.15) is 93.9 Å². The zero-order valence-corrected chi connectivity index (χ0v) is 38.7. The first-order valence-corrected chi connectivity index (χ1v) is 23.3. The smallest absolute Gasteiger partial charge is 0.493 e.